The number of hydrogen-bond acceptors (Lipinski definition) is 7. The summed E-state index contributed by atoms with van der Waals surface area (Å²) in [5.41, 5.74) is 5.31. The molecule has 0 aliphatic carbocycles. The number of rotatable bonds is 6. The van der Waals surface area contributed by atoms with Crippen molar-refractivity contribution in [3.63, 3.8) is 0 Å². The monoisotopic (exact) mass is 476 g/mol. The first-order valence-corrected chi connectivity index (χ1v) is 11.3. The van der Waals surface area contributed by atoms with E-state index in [0.29, 0.717) is 39.9 Å². The lowest BCUT2D eigenvalue weighted by molar-refractivity contribution is -0.115. The lowest BCUT2D eigenvalue weighted by Gasteiger charge is -2.04. The van der Waals surface area contributed by atoms with E-state index in [4.69, 9.17) is 4.52 Å². The second-order valence-corrected chi connectivity index (χ2v) is 8.25. The molecule has 0 atom stereocenters. The maximum Gasteiger partial charge on any atom is 0.232 e. The molecule has 0 aliphatic rings. The smallest absolute Gasteiger partial charge is 0.232 e. The van der Waals surface area contributed by atoms with E-state index in [9.17, 15) is 4.79 Å². The van der Waals surface area contributed by atoms with E-state index >= 15 is 0 Å². The van der Waals surface area contributed by atoms with Gasteiger partial charge in [0, 0.05) is 29.1 Å². The number of nitrogens with one attached hydrogen (secondary N) is 2. The lowest BCUT2D eigenvalue weighted by Crippen LogP contribution is -2.13. The molecule has 176 valence electrons. The summed E-state index contributed by atoms with van der Waals surface area (Å²) in [6, 6.07) is 18.9. The number of aromatic nitrogens is 7. The number of carbonyl (C=O) groups excluding carboxylic acids is 1. The molecule has 6 aromatic rings. The van der Waals surface area contributed by atoms with Crippen molar-refractivity contribution in [2.75, 3.05) is 5.32 Å². The topological polar surface area (TPSA) is 127 Å². The summed E-state index contributed by atoms with van der Waals surface area (Å²) in [4.78, 5) is 33.4. The molecule has 10 nitrogen and oxygen atoms in total. The van der Waals surface area contributed by atoms with Crippen molar-refractivity contribution in [1.82, 2.24) is 34.6 Å². The van der Waals surface area contributed by atoms with Gasteiger partial charge in [-0.25, -0.2) is 19.9 Å². The fourth-order valence-corrected chi connectivity index (χ4v) is 3.90. The third-order valence-corrected chi connectivity index (χ3v) is 5.63. The fraction of sp³-hybridized carbons (Fsp3) is 0.0769. The molecule has 0 spiro atoms. The molecule has 2 aromatic carbocycles. The number of carbonyl (C=O) groups is 1. The number of benzene rings is 2. The summed E-state index contributed by atoms with van der Waals surface area (Å²) < 4.78 is 7.17. The minimum atomic E-state index is -0.196. The number of aromatic amines is 1. The number of H-pyrrole nitrogens is 1. The van der Waals surface area contributed by atoms with Crippen LogP contribution in [0, 0.1) is 6.92 Å². The normalized spacial score (nSPS) is 11.1. The third-order valence-electron chi connectivity index (χ3n) is 5.63. The Morgan fingerprint density at radius 1 is 1.03 bits per heavy atom. The Kier molecular flexibility index (Phi) is 5.30. The predicted octanol–water partition coefficient (Wildman–Crippen LogP) is 4.35. The van der Waals surface area contributed by atoms with Crippen molar-refractivity contribution in [2.45, 2.75) is 13.3 Å². The van der Waals surface area contributed by atoms with E-state index in [1.54, 1.807) is 12.4 Å². The summed E-state index contributed by atoms with van der Waals surface area (Å²) in [6.45, 7) is 1.92. The van der Waals surface area contributed by atoms with Gasteiger partial charge in [0.2, 0.25) is 5.91 Å². The number of imidazole rings is 2. The van der Waals surface area contributed by atoms with Crippen LogP contribution in [0.15, 0.2) is 84.0 Å². The minimum Gasteiger partial charge on any atom is -0.360 e. The molecule has 36 heavy (non-hydrogen) atoms. The average Bonchev–Trinajstić information content (AvgIpc) is 3.64. The molecule has 1 amide bonds. The maximum atomic E-state index is 12.5. The lowest BCUT2D eigenvalue weighted by atomic mass is 10.1. The van der Waals surface area contributed by atoms with E-state index in [1.165, 1.54) is 6.33 Å². The van der Waals surface area contributed by atoms with Gasteiger partial charge in [-0.05, 0) is 31.2 Å². The predicted molar refractivity (Wildman–Crippen MR) is 133 cm³/mol. The van der Waals surface area contributed by atoms with Crippen LogP contribution in [-0.4, -0.2) is 40.6 Å². The minimum absolute atomic E-state index is 0.0837. The zero-order chi connectivity index (χ0) is 24.5. The molecule has 4 aromatic heterocycles. The molecule has 4 heterocycles. The molecule has 0 bridgehead atoms. The number of fused-ring (bicyclic) bond motifs is 1. The molecular formula is C26H20N8O2. The highest BCUT2D eigenvalue weighted by molar-refractivity contribution is 5.92. The molecule has 2 N–H and O–H groups in total. The molecule has 0 saturated carbocycles. The van der Waals surface area contributed by atoms with Gasteiger partial charge in [-0.15, -0.1) is 0 Å². The SMILES string of the molecule is Cc1cn(-c2ncnc3nc(-c4ccc(NC(=O)Cc5cc(-c6ccccc6)no5)cc4)[nH]c23)cn1. The second kappa shape index (κ2) is 8.91. The first-order valence-electron chi connectivity index (χ1n) is 11.3. The number of hydrogen-bond donors (Lipinski definition) is 2. The van der Waals surface area contributed by atoms with Gasteiger partial charge in [-0.1, -0.05) is 35.5 Å². The number of aryl methyl sites for hydroxylation is 1. The zero-order valence-electron chi connectivity index (χ0n) is 19.2. The summed E-state index contributed by atoms with van der Waals surface area (Å²) >= 11 is 0. The van der Waals surface area contributed by atoms with Gasteiger partial charge in [0.05, 0.1) is 12.1 Å². The molecule has 0 saturated heterocycles. The Balaban J connectivity index is 1.16. The van der Waals surface area contributed by atoms with Crippen LogP contribution in [0.4, 0.5) is 5.69 Å². The quantitative estimate of drug-likeness (QED) is 0.366. The maximum absolute atomic E-state index is 12.5. The van der Waals surface area contributed by atoms with Crippen molar-refractivity contribution in [3.05, 3.63) is 91.0 Å². The van der Waals surface area contributed by atoms with Crippen LogP contribution in [-0.2, 0) is 11.2 Å². The van der Waals surface area contributed by atoms with Gasteiger partial charge in [-0.3, -0.25) is 9.36 Å². The van der Waals surface area contributed by atoms with E-state index in [1.807, 2.05) is 72.3 Å². The Morgan fingerprint density at radius 2 is 1.86 bits per heavy atom. The summed E-state index contributed by atoms with van der Waals surface area (Å²) in [5, 5.41) is 6.94. The second-order valence-electron chi connectivity index (χ2n) is 8.25. The largest absolute Gasteiger partial charge is 0.360 e. The van der Waals surface area contributed by atoms with Gasteiger partial charge in [0.1, 0.15) is 35.4 Å². The van der Waals surface area contributed by atoms with Crippen LogP contribution in [0.2, 0.25) is 0 Å². The van der Waals surface area contributed by atoms with E-state index in [0.717, 1.165) is 16.8 Å². The van der Waals surface area contributed by atoms with Crippen LogP contribution in [0.5, 0.6) is 0 Å². The van der Waals surface area contributed by atoms with Gasteiger partial charge in [0.15, 0.2) is 11.5 Å². The number of nitrogens with zero attached hydrogens (tertiary/aromatic N) is 6. The summed E-state index contributed by atoms with van der Waals surface area (Å²) in [7, 11) is 0. The van der Waals surface area contributed by atoms with Crippen LogP contribution in [0.3, 0.4) is 0 Å². The number of amides is 1. The van der Waals surface area contributed by atoms with Crippen molar-refractivity contribution in [2.24, 2.45) is 0 Å². The number of anilines is 1. The van der Waals surface area contributed by atoms with Gasteiger partial charge < -0.3 is 14.8 Å². The van der Waals surface area contributed by atoms with Crippen molar-refractivity contribution in [3.8, 4) is 28.5 Å². The molecule has 0 radical (unpaired) electrons. The molecule has 10 heteroatoms. The Bertz CT molecular complexity index is 1670. The Hall–Kier alpha value is -5.12. The molecule has 6 rings (SSSR count). The van der Waals surface area contributed by atoms with E-state index in [-0.39, 0.29) is 12.3 Å². The Morgan fingerprint density at radius 3 is 2.64 bits per heavy atom. The highest BCUT2D eigenvalue weighted by Gasteiger charge is 2.14. The van der Waals surface area contributed by atoms with Crippen LogP contribution >= 0.6 is 0 Å². The first-order chi connectivity index (χ1) is 17.6. The summed E-state index contributed by atoms with van der Waals surface area (Å²) in [6.07, 6.45) is 5.16. The van der Waals surface area contributed by atoms with Crippen LogP contribution in [0.1, 0.15) is 11.5 Å². The van der Waals surface area contributed by atoms with Crippen molar-refractivity contribution in [1.29, 1.82) is 0 Å². The van der Waals surface area contributed by atoms with E-state index < -0.39 is 0 Å². The fourth-order valence-electron chi connectivity index (χ4n) is 3.90. The third kappa shape index (κ3) is 4.23. The zero-order valence-corrected chi connectivity index (χ0v) is 19.2. The van der Waals surface area contributed by atoms with Gasteiger partial charge >= 0.3 is 0 Å². The van der Waals surface area contributed by atoms with Crippen LogP contribution in [0.25, 0.3) is 39.6 Å². The molecule has 0 aliphatic heterocycles. The van der Waals surface area contributed by atoms with Crippen LogP contribution < -0.4 is 5.32 Å². The first kappa shape index (κ1) is 21.4. The highest BCUT2D eigenvalue weighted by Crippen LogP contribution is 2.24. The van der Waals surface area contributed by atoms with E-state index in [2.05, 4.69) is 35.4 Å². The van der Waals surface area contributed by atoms with Crippen molar-refractivity contribution >= 4 is 22.8 Å². The average molecular weight is 477 g/mol. The Labute approximate surface area is 205 Å². The highest BCUT2D eigenvalue weighted by atomic mass is 16.5. The molecule has 0 fully saturated rings. The molecular weight excluding hydrogens is 456 g/mol. The molecule has 0 unspecified atom stereocenters. The van der Waals surface area contributed by atoms with Crippen molar-refractivity contribution < 1.29 is 9.32 Å². The van der Waals surface area contributed by atoms with Gasteiger partial charge in [-0.2, -0.15) is 0 Å². The summed E-state index contributed by atoms with van der Waals surface area (Å²) in [5.74, 6) is 1.62. The standard InChI is InChI=1S/C26H20N8O2/c1-16-13-34(15-29-16)26-23-25(27-14-28-26)32-24(31-23)18-7-9-19(10-8-18)30-22(35)12-20-11-21(33-36-20)17-5-3-2-4-6-17/h2-11,13-15H,12H2,1H3,(H,30,35)(H,27,28,31,32). The van der Waals surface area contributed by atoms with Gasteiger partial charge in [0.25, 0.3) is 0 Å².